The highest BCUT2D eigenvalue weighted by Gasteiger charge is 2.34. The summed E-state index contributed by atoms with van der Waals surface area (Å²) in [5, 5.41) is 7.07. The molecular weight excluding hydrogens is 490 g/mol. The minimum Gasteiger partial charge on any atom is -0.350 e. The molecule has 194 valence electrons. The molecule has 0 aromatic heterocycles. The number of amides is 2. The van der Waals surface area contributed by atoms with Crippen LogP contribution in [0.2, 0.25) is 0 Å². The van der Waals surface area contributed by atoms with Crippen molar-refractivity contribution in [3.63, 3.8) is 0 Å². The Kier molecular flexibility index (Phi) is 8.35. The predicted octanol–water partition coefficient (Wildman–Crippen LogP) is 2.67. The quantitative estimate of drug-likeness (QED) is 0.421. The highest BCUT2D eigenvalue weighted by Crippen LogP contribution is 2.26. The van der Waals surface area contributed by atoms with Gasteiger partial charge in [0.05, 0.1) is 4.90 Å². The van der Waals surface area contributed by atoms with Crippen LogP contribution in [0.1, 0.15) is 25.3 Å². The minimum atomic E-state index is -3.70. The topological polar surface area (TPSA) is 113 Å². The van der Waals surface area contributed by atoms with Gasteiger partial charge in [-0.05, 0) is 48.2 Å². The van der Waals surface area contributed by atoms with E-state index in [-0.39, 0.29) is 30.3 Å². The summed E-state index contributed by atoms with van der Waals surface area (Å²) in [6.07, 6.45) is 0.843. The lowest BCUT2D eigenvalue weighted by Gasteiger charge is -2.31. The molecule has 1 fully saturated rings. The second kappa shape index (κ2) is 11.7. The van der Waals surface area contributed by atoms with Gasteiger partial charge >= 0.3 is 0 Å². The number of piperidine rings is 1. The zero-order valence-corrected chi connectivity index (χ0v) is 21.5. The first-order valence-corrected chi connectivity index (χ1v) is 13.9. The third-order valence-corrected chi connectivity index (χ3v) is 8.55. The van der Waals surface area contributed by atoms with E-state index in [1.807, 2.05) is 54.6 Å². The Bertz CT molecular complexity index is 1380. The summed E-state index contributed by atoms with van der Waals surface area (Å²) < 4.78 is 27.9. The van der Waals surface area contributed by atoms with Crippen LogP contribution < -0.4 is 10.6 Å². The molecule has 0 radical (unpaired) electrons. The molecule has 1 aliphatic heterocycles. The van der Waals surface area contributed by atoms with Crippen molar-refractivity contribution in [3.05, 3.63) is 78.4 Å². The lowest BCUT2D eigenvalue weighted by molar-refractivity contribution is -0.140. The smallest absolute Gasteiger partial charge is 0.289 e. The average molecular weight is 522 g/mol. The molecule has 1 unspecified atom stereocenters. The molecule has 2 N–H and O–H groups in total. The summed E-state index contributed by atoms with van der Waals surface area (Å²) in [5.74, 6) is -2.24. The van der Waals surface area contributed by atoms with Gasteiger partial charge in [-0.2, -0.15) is 4.31 Å². The normalized spacial score (nSPS) is 15.7. The number of hydrogen-bond donors (Lipinski definition) is 2. The Balaban J connectivity index is 1.42. The number of nitrogens with zero attached hydrogens (tertiary/aromatic N) is 1. The fraction of sp³-hybridized carbons (Fsp3) is 0.321. The van der Waals surface area contributed by atoms with Crippen LogP contribution in [0.15, 0.2) is 77.7 Å². The molecule has 9 heteroatoms. The molecule has 37 heavy (non-hydrogen) atoms. The van der Waals surface area contributed by atoms with Gasteiger partial charge in [-0.1, -0.05) is 60.7 Å². The van der Waals surface area contributed by atoms with Crippen molar-refractivity contribution in [2.45, 2.75) is 37.1 Å². The molecular formula is C28H31N3O5S. The average Bonchev–Trinajstić information content (AvgIpc) is 2.92. The molecule has 8 nitrogen and oxygen atoms in total. The Labute approximate surface area is 217 Å². The van der Waals surface area contributed by atoms with Crippen LogP contribution >= 0.6 is 0 Å². The number of carbonyl (C=O) groups is 3. The van der Waals surface area contributed by atoms with E-state index < -0.39 is 33.7 Å². The highest BCUT2D eigenvalue weighted by molar-refractivity contribution is 7.89. The van der Waals surface area contributed by atoms with Gasteiger partial charge in [0.1, 0.15) is 6.04 Å². The molecule has 1 saturated heterocycles. The van der Waals surface area contributed by atoms with Crippen molar-refractivity contribution in [1.29, 1.82) is 0 Å². The number of sulfonamides is 1. The molecule has 1 atom stereocenters. The second-order valence-electron chi connectivity index (χ2n) is 9.16. The van der Waals surface area contributed by atoms with Crippen LogP contribution in [0.3, 0.4) is 0 Å². The van der Waals surface area contributed by atoms with Gasteiger partial charge in [-0.25, -0.2) is 8.42 Å². The summed E-state index contributed by atoms with van der Waals surface area (Å²) in [5.41, 5.74) is 0.821. The first-order valence-electron chi connectivity index (χ1n) is 12.4. The third-order valence-electron chi connectivity index (χ3n) is 6.66. The number of ketones is 1. The highest BCUT2D eigenvalue weighted by atomic mass is 32.2. The molecule has 0 bridgehead atoms. The maximum absolute atomic E-state index is 13.3. The standard InChI is InChI=1S/C28H31N3O5S/c1-2-29-28(34)26(32)25(18-20-8-4-3-5-9-20)30-27(33)22-14-16-31(17-15-22)37(35,36)24-13-12-21-10-6-7-11-23(21)19-24/h3-13,19,22,25H,2,14-18H2,1H3,(H,29,34)(H,30,33). The van der Waals surface area contributed by atoms with Gasteiger partial charge < -0.3 is 10.6 Å². The van der Waals surface area contributed by atoms with Gasteiger partial charge in [-0.15, -0.1) is 0 Å². The lowest BCUT2D eigenvalue weighted by atomic mass is 9.95. The number of carbonyl (C=O) groups excluding carboxylic acids is 3. The first-order chi connectivity index (χ1) is 17.8. The van der Waals surface area contributed by atoms with Crippen LogP contribution in [0.5, 0.6) is 0 Å². The Morgan fingerprint density at radius 2 is 1.57 bits per heavy atom. The fourth-order valence-corrected chi connectivity index (χ4v) is 6.10. The maximum Gasteiger partial charge on any atom is 0.289 e. The van der Waals surface area contributed by atoms with Gasteiger partial charge in [0.25, 0.3) is 5.91 Å². The van der Waals surface area contributed by atoms with E-state index in [2.05, 4.69) is 10.6 Å². The zero-order valence-electron chi connectivity index (χ0n) is 20.7. The lowest BCUT2D eigenvalue weighted by Crippen LogP contribution is -2.51. The van der Waals surface area contributed by atoms with E-state index in [0.29, 0.717) is 19.4 Å². The Morgan fingerprint density at radius 3 is 2.24 bits per heavy atom. The number of rotatable bonds is 9. The number of benzene rings is 3. The number of likely N-dealkylation sites (N-methyl/N-ethyl adjacent to an activating group) is 1. The summed E-state index contributed by atoms with van der Waals surface area (Å²) in [6.45, 7) is 2.41. The van der Waals surface area contributed by atoms with Crippen molar-refractivity contribution < 1.29 is 22.8 Å². The molecule has 3 aromatic carbocycles. The Morgan fingerprint density at radius 1 is 0.919 bits per heavy atom. The van der Waals surface area contributed by atoms with Gasteiger partial charge in [-0.3, -0.25) is 14.4 Å². The molecule has 2 amide bonds. The number of Topliss-reactive ketones (excluding diaryl/α,β-unsaturated/α-hetero) is 1. The summed E-state index contributed by atoms with van der Waals surface area (Å²) in [4.78, 5) is 38.3. The van der Waals surface area contributed by atoms with E-state index in [9.17, 15) is 22.8 Å². The van der Waals surface area contributed by atoms with Crippen molar-refractivity contribution in [1.82, 2.24) is 14.9 Å². The maximum atomic E-state index is 13.3. The molecule has 0 aliphatic carbocycles. The first kappa shape index (κ1) is 26.5. The number of fused-ring (bicyclic) bond motifs is 1. The minimum absolute atomic E-state index is 0.192. The van der Waals surface area contributed by atoms with E-state index >= 15 is 0 Å². The molecule has 3 aromatic rings. The SMILES string of the molecule is CCNC(=O)C(=O)C(Cc1ccccc1)NC(=O)C1CCN(S(=O)(=O)c2ccc3ccccc3c2)CC1. The van der Waals surface area contributed by atoms with Crippen LogP contribution in [0.4, 0.5) is 0 Å². The molecule has 4 rings (SSSR count). The third kappa shape index (κ3) is 6.23. The van der Waals surface area contributed by atoms with Crippen LogP contribution in [-0.2, 0) is 30.8 Å². The van der Waals surface area contributed by atoms with Crippen molar-refractivity contribution >= 4 is 38.4 Å². The summed E-state index contributed by atoms with van der Waals surface area (Å²) in [7, 11) is -3.70. The van der Waals surface area contributed by atoms with Crippen LogP contribution in [0.25, 0.3) is 10.8 Å². The van der Waals surface area contributed by atoms with Crippen molar-refractivity contribution in [2.24, 2.45) is 5.92 Å². The Hall–Kier alpha value is -3.56. The fourth-order valence-electron chi connectivity index (χ4n) is 4.59. The van der Waals surface area contributed by atoms with E-state index in [0.717, 1.165) is 16.3 Å². The predicted molar refractivity (Wildman–Crippen MR) is 141 cm³/mol. The second-order valence-corrected chi connectivity index (χ2v) is 11.1. The van der Waals surface area contributed by atoms with Crippen molar-refractivity contribution in [3.8, 4) is 0 Å². The summed E-state index contributed by atoms with van der Waals surface area (Å²) in [6, 6.07) is 20.8. The van der Waals surface area contributed by atoms with E-state index in [4.69, 9.17) is 0 Å². The van der Waals surface area contributed by atoms with Crippen LogP contribution in [0, 0.1) is 5.92 Å². The van der Waals surface area contributed by atoms with E-state index in [1.54, 1.807) is 25.1 Å². The largest absolute Gasteiger partial charge is 0.350 e. The molecule has 0 saturated carbocycles. The number of nitrogens with one attached hydrogen (secondary N) is 2. The monoisotopic (exact) mass is 521 g/mol. The van der Waals surface area contributed by atoms with Gasteiger partial charge in [0.2, 0.25) is 21.7 Å². The van der Waals surface area contributed by atoms with E-state index in [1.165, 1.54) is 4.31 Å². The summed E-state index contributed by atoms with van der Waals surface area (Å²) >= 11 is 0. The van der Waals surface area contributed by atoms with Crippen molar-refractivity contribution in [2.75, 3.05) is 19.6 Å². The van der Waals surface area contributed by atoms with Gasteiger partial charge in [0, 0.05) is 32.0 Å². The van der Waals surface area contributed by atoms with Crippen LogP contribution in [-0.4, -0.2) is 56.0 Å². The van der Waals surface area contributed by atoms with Gasteiger partial charge in [0.15, 0.2) is 0 Å². The number of hydrogen-bond acceptors (Lipinski definition) is 5. The molecule has 0 spiro atoms. The zero-order chi connectivity index (χ0) is 26.4. The molecule has 1 aliphatic rings. The molecule has 1 heterocycles.